The number of aliphatic hydroxyl groups excluding tert-OH is 1. The number of ether oxygens (including phenoxy) is 1. The molecule has 0 radical (unpaired) electrons. The Hall–Kier alpha value is -2.24. The van der Waals surface area contributed by atoms with Crippen molar-refractivity contribution < 1.29 is 42.1 Å². The topological polar surface area (TPSA) is 90.3 Å². The lowest BCUT2D eigenvalue weighted by molar-refractivity contribution is -0.192. The van der Waals surface area contributed by atoms with Crippen LogP contribution in [0, 0.1) is 18.2 Å². The van der Waals surface area contributed by atoms with Crippen molar-refractivity contribution in [2.24, 2.45) is 5.41 Å². The number of carbonyl (C=O) groups is 2. The second kappa shape index (κ2) is 12.1. The van der Waals surface area contributed by atoms with Gasteiger partial charge in [-0.05, 0) is 82.0 Å². The smallest absolute Gasteiger partial charge is 0.475 e. The molecule has 37 heavy (non-hydrogen) atoms. The van der Waals surface area contributed by atoms with E-state index in [1.165, 1.54) is 6.07 Å². The number of carboxylic acid groups (broad SMARTS) is 1. The average Bonchev–Trinajstić information content (AvgIpc) is 3.22. The van der Waals surface area contributed by atoms with E-state index >= 15 is 0 Å². The van der Waals surface area contributed by atoms with Crippen molar-refractivity contribution in [1.82, 2.24) is 9.80 Å². The minimum absolute atomic E-state index is 0.0709. The molecule has 2 saturated heterocycles. The van der Waals surface area contributed by atoms with Crippen molar-refractivity contribution in [2.75, 3.05) is 33.3 Å². The predicted octanol–water partition coefficient (Wildman–Crippen LogP) is 4.01. The third kappa shape index (κ3) is 7.87. The number of likely N-dealkylation sites (tertiary alicyclic amines) is 1. The van der Waals surface area contributed by atoms with E-state index < -0.39 is 12.1 Å². The summed E-state index contributed by atoms with van der Waals surface area (Å²) >= 11 is 0. The molecule has 1 aromatic carbocycles. The number of aliphatic hydroxyl groups is 1. The van der Waals surface area contributed by atoms with Crippen LogP contribution in [0.1, 0.15) is 60.9 Å². The van der Waals surface area contributed by atoms with E-state index in [1.54, 1.807) is 19.1 Å². The first-order valence-electron chi connectivity index (χ1n) is 12.6. The van der Waals surface area contributed by atoms with E-state index in [1.807, 2.05) is 4.90 Å². The second-order valence-electron chi connectivity index (χ2n) is 10.6. The van der Waals surface area contributed by atoms with Gasteiger partial charge in [-0.3, -0.25) is 4.79 Å². The minimum Gasteiger partial charge on any atom is -0.475 e. The molecular formula is C26H36F4N2O5. The van der Waals surface area contributed by atoms with E-state index in [0.29, 0.717) is 30.3 Å². The molecule has 1 amide bonds. The molecule has 2 N–H and O–H groups in total. The number of carboxylic acids is 1. The van der Waals surface area contributed by atoms with Gasteiger partial charge in [0.2, 0.25) is 0 Å². The number of likely N-dealkylation sites (N-methyl/N-ethyl adjacent to an activating group) is 1. The maximum absolute atomic E-state index is 13.8. The number of aliphatic carboxylic acids is 1. The highest BCUT2D eigenvalue weighted by Crippen LogP contribution is 2.42. The lowest BCUT2D eigenvalue weighted by atomic mass is 9.76. The third-order valence-corrected chi connectivity index (χ3v) is 7.84. The Morgan fingerprint density at radius 3 is 2.30 bits per heavy atom. The van der Waals surface area contributed by atoms with E-state index in [2.05, 4.69) is 11.9 Å². The van der Waals surface area contributed by atoms with Gasteiger partial charge in [0.05, 0.1) is 18.8 Å². The Kier molecular flexibility index (Phi) is 9.57. The standard InChI is InChI=1S/C24H35FN2O3.C2HF3O2/c1-17-3-4-18(13-22(17)25)23(29)27-11-9-24(10-12-27)14-21(30-16-24)15-26(2)19-5-7-20(28)8-6-19;3-2(4,5)1(6)7/h3-4,13,19-21,28H,5-12,14-16H2,1-2H3;(H,6,7). The van der Waals surface area contributed by atoms with Crippen LogP contribution in [0.5, 0.6) is 0 Å². The van der Waals surface area contributed by atoms with Crippen molar-refractivity contribution in [1.29, 1.82) is 0 Å². The molecule has 1 spiro atoms. The fraction of sp³-hybridized carbons (Fsp3) is 0.692. The minimum atomic E-state index is -5.08. The Morgan fingerprint density at radius 2 is 1.76 bits per heavy atom. The van der Waals surface area contributed by atoms with Crippen LogP contribution in [0.2, 0.25) is 0 Å². The van der Waals surface area contributed by atoms with Crippen LogP contribution in [0.25, 0.3) is 0 Å². The van der Waals surface area contributed by atoms with Gasteiger partial charge in [-0.2, -0.15) is 13.2 Å². The molecule has 1 saturated carbocycles. The highest BCUT2D eigenvalue weighted by molar-refractivity contribution is 5.94. The predicted molar refractivity (Wildman–Crippen MR) is 128 cm³/mol. The molecule has 11 heteroatoms. The van der Waals surface area contributed by atoms with Gasteiger partial charge in [-0.25, -0.2) is 9.18 Å². The molecule has 3 aliphatic rings. The van der Waals surface area contributed by atoms with Gasteiger partial charge < -0.3 is 24.7 Å². The molecule has 0 aromatic heterocycles. The van der Waals surface area contributed by atoms with Gasteiger partial charge in [-0.15, -0.1) is 0 Å². The summed E-state index contributed by atoms with van der Waals surface area (Å²) in [6.45, 7) is 4.84. The average molecular weight is 533 g/mol. The Morgan fingerprint density at radius 1 is 1.16 bits per heavy atom. The molecule has 208 valence electrons. The molecular weight excluding hydrogens is 496 g/mol. The van der Waals surface area contributed by atoms with Gasteiger partial charge in [0, 0.05) is 31.2 Å². The van der Waals surface area contributed by atoms with Crippen molar-refractivity contribution in [3.05, 3.63) is 35.1 Å². The number of halogens is 4. The Bertz CT molecular complexity index is 941. The van der Waals surface area contributed by atoms with E-state index in [0.717, 1.165) is 58.1 Å². The van der Waals surface area contributed by atoms with Crippen LogP contribution in [-0.2, 0) is 9.53 Å². The first-order chi connectivity index (χ1) is 17.3. The fourth-order valence-corrected chi connectivity index (χ4v) is 5.42. The van der Waals surface area contributed by atoms with Crippen LogP contribution >= 0.6 is 0 Å². The molecule has 3 fully saturated rings. The summed E-state index contributed by atoms with van der Waals surface area (Å²) in [7, 11) is 2.18. The molecule has 1 aliphatic carbocycles. The summed E-state index contributed by atoms with van der Waals surface area (Å²) < 4.78 is 51.8. The van der Waals surface area contributed by atoms with Crippen molar-refractivity contribution in [3.8, 4) is 0 Å². The number of aryl methyl sites for hydroxylation is 1. The van der Waals surface area contributed by atoms with E-state index in [-0.39, 0.29) is 29.3 Å². The van der Waals surface area contributed by atoms with Crippen LogP contribution in [-0.4, -0.2) is 89.6 Å². The molecule has 7 nitrogen and oxygen atoms in total. The summed E-state index contributed by atoms with van der Waals surface area (Å²) in [5.74, 6) is -3.15. The molecule has 2 aliphatic heterocycles. The van der Waals surface area contributed by atoms with Crippen molar-refractivity contribution in [3.63, 3.8) is 0 Å². The molecule has 0 bridgehead atoms. The number of piperidine rings is 1. The van der Waals surface area contributed by atoms with Crippen molar-refractivity contribution >= 4 is 11.9 Å². The number of carbonyl (C=O) groups excluding carboxylic acids is 1. The van der Waals surface area contributed by atoms with Gasteiger partial charge in [0.25, 0.3) is 5.91 Å². The number of benzene rings is 1. The zero-order valence-corrected chi connectivity index (χ0v) is 21.3. The number of hydrogen-bond donors (Lipinski definition) is 2. The van der Waals surface area contributed by atoms with Crippen LogP contribution in [0.3, 0.4) is 0 Å². The van der Waals surface area contributed by atoms with Crippen LogP contribution in [0.15, 0.2) is 18.2 Å². The second-order valence-corrected chi connectivity index (χ2v) is 10.6. The number of amides is 1. The van der Waals surface area contributed by atoms with Gasteiger partial charge in [0.1, 0.15) is 5.82 Å². The highest BCUT2D eigenvalue weighted by Gasteiger charge is 2.43. The maximum Gasteiger partial charge on any atom is 0.490 e. The lowest BCUT2D eigenvalue weighted by Crippen LogP contribution is -2.44. The number of rotatable bonds is 4. The van der Waals surface area contributed by atoms with E-state index in [4.69, 9.17) is 14.6 Å². The Balaban J connectivity index is 0.000000479. The molecule has 1 atom stereocenters. The van der Waals surface area contributed by atoms with Gasteiger partial charge in [-0.1, -0.05) is 6.07 Å². The molecule has 1 unspecified atom stereocenters. The van der Waals surface area contributed by atoms with Gasteiger partial charge >= 0.3 is 12.1 Å². The van der Waals surface area contributed by atoms with Crippen LogP contribution < -0.4 is 0 Å². The SMILES string of the molecule is Cc1ccc(C(=O)N2CCC3(CC2)COC(CN(C)C2CCC(O)CC2)C3)cc1F.O=C(O)C(F)(F)F. The highest BCUT2D eigenvalue weighted by atomic mass is 19.4. The van der Waals surface area contributed by atoms with Crippen molar-refractivity contribution in [2.45, 2.75) is 76.3 Å². The quantitative estimate of drug-likeness (QED) is 0.570. The summed E-state index contributed by atoms with van der Waals surface area (Å²) in [6.07, 6.45) is 1.91. The molecule has 4 rings (SSSR count). The lowest BCUT2D eigenvalue weighted by Gasteiger charge is -2.39. The summed E-state index contributed by atoms with van der Waals surface area (Å²) in [5, 5.41) is 16.9. The normalized spacial score (nSPS) is 25.6. The third-order valence-electron chi connectivity index (χ3n) is 7.84. The summed E-state index contributed by atoms with van der Waals surface area (Å²) in [6, 6.07) is 5.30. The maximum atomic E-state index is 13.8. The van der Waals surface area contributed by atoms with Gasteiger partial charge in [0.15, 0.2) is 0 Å². The number of nitrogens with zero attached hydrogens (tertiary/aromatic N) is 2. The first kappa shape index (κ1) is 29.3. The summed E-state index contributed by atoms with van der Waals surface area (Å²) in [5.41, 5.74) is 1.17. The Labute approximate surface area is 214 Å². The van der Waals surface area contributed by atoms with E-state index in [9.17, 15) is 27.5 Å². The number of alkyl halides is 3. The number of hydrogen-bond acceptors (Lipinski definition) is 5. The molecule has 2 heterocycles. The largest absolute Gasteiger partial charge is 0.490 e. The zero-order valence-electron chi connectivity index (χ0n) is 21.3. The first-order valence-corrected chi connectivity index (χ1v) is 12.6. The fourth-order valence-electron chi connectivity index (χ4n) is 5.42. The monoisotopic (exact) mass is 532 g/mol. The zero-order chi connectivity index (χ0) is 27.4. The molecule has 1 aromatic rings. The van der Waals surface area contributed by atoms with Crippen LogP contribution in [0.4, 0.5) is 17.6 Å². The summed E-state index contributed by atoms with van der Waals surface area (Å²) in [4.78, 5) is 26.0.